The minimum absolute atomic E-state index is 0.0351. The topological polar surface area (TPSA) is 75.3 Å². The van der Waals surface area contributed by atoms with E-state index in [2.05, 4.69) is 10.0 Å². The van der Waals surface area contributed by atoms with E-state index in [4.69, 9.17) is 11.6 Å². The van der Waals surface area contributed by atoms with Crippen molar-refractivity contribution in [2.75, 3.05) is 10.0 Å². The number of aryl methyl sites for hydroxylation is 2. The van der Waals surface area contributed by atoms with Crippen LogP contribution in [0, 0.1) is 20.8 Å². The summed E-state index contributed by atoms with van der Waals surface area (Å²) >= 11 is 6.13. The van der Waals surface area contributed by atoms with E-state index in [1.165, 1.54) is 18.2 Å². The van der Waals surface area contributed by atoms with Crippen molar-refractivity contribution in [3.05, 3.63) is 87.9 Å². The summed E-state index contributed by atoms with van der Waals surface area (Å²) in [6.07, 6.45) is 0. The number of hydrogen-bond acceptors (Lipinski definition) is 3. The molecule has 0 saturated heterocycles. The third-order valence-electron chi connectivity index (χ3n) is 4.64. The molecule has 0 aliphatic heterocycles. The quantitative estimate of drug-likeness (QED) is 0.577. The summed E-state index contributed by atoms with van der Waals surface area (Å²) in [5.74, 6) is -0.415. The Bertz CT molecular complexity index is 1170. The van der Waals surface area contributed by atoms with E-state index >= 15 is 0 Å². The zero-order valence-corrected chi connectivity index (χ0v) is 17.9. The van der Waals surface area contributed by atoms with Crippen LogP contribution in [-0.2, 0) is 10.0 Å². The minimum atomic E-state index is -3.96. The number of anilines is 2. The minimum Gasteiger partial charge on any atom is -0.322 e. The Morgan fingerprint density at radius 2 is 1.62 bits per heavy atom. The van der Waals surface area contributed by atoms with Crippen LogP contribution in [0.25, 0.3) is 0 Å². The molecule has 3 aromatic carbocycles. The van der Waals surface area contributed by atoms with Crippen LogP contribution in [0.2, 0.25) is 5.02 Å². The summed E-state index contributed by atoms with van der Waals surface area (Å²) in [5.41, 5.74) is 4.29. The first kappa shape index (κ1) is 20.9. The predicted octanol–water partition coefficient (Wildman–Crippen LogP) is 5.32. The highest BCUT2D eigenvalue weighted by Gasteiger charge is 2.21. The Labute approximate surface area is 175 Å². The SMILES string of the molecule is Cc1ccc(NS(=O)(=O)c2cc(C(=O)Nc3cccc(C)c3C)ccc2Cl)cc1. The van der Waals surface area contributed by atoms with Gasteiger partial charge in [0.1, 0.15) is 4.90 Å². The maximum atomic E-state index is 12.8. The van der Waals surface area contributed by atoms with Gasteiger partial charge in [-0.1, -0.05) is 41.4 Å². The van der Waals surface area contributed by atoms with Crippen LogP contribution >= 0.6 is 11.6 Å². The largest absolute Gasteiger partial charge is 0.322 e. The highest BCUT2D eigenvalue weighted by molar-refractivity contribution is 7.92. The summed E-state index contributed by atoms with van der Waals surface area (Å²) < 4.78 is 28.1. The number of carbonyl (C=O) groups is 1. The molecule has 0 aliphatic carbocycles. The first-order valence-electron chi connectivity index (χ1n) is 8.94. The van der Waals surface area contributed by atoms with Gasteiger partial charge in [-0.3, -0.25) is 9.52 Å². The number of hydrogen-bond donors (Lipinski definition) is 2. The van der Waals surface area contributed by atoms with Gasteiger partial charge in [0.15, 0.2) is 0 Å². The molecule has 0 saturated carbocycles. The van der Waals surface area contributed by atoms with E-state index < -0.39 is 15.9 Å². The van der Waals surface area contributed by atoms with Gasteiger partial charge in [0.05, 0.1) is 5.02 Å². The van der Waals surface area contributed by atoms with Crippen molar-refractivity contribution in [1.82, 2.24) is 0 Å². The summed E-state index contributed by atoms with van der Waals surface area (Å²) in [7, 11) is -3.96. The molecule has 0 aromatic heterocycles. The average Bonchev–Trinajstić information content (AvgIpc) is 2.67. The summed E-state index contributed by atoms with van der Waals surface area (Å²) in [6, 6.07) is 16.7. The Balaban J connectivity index is 1.89. The normalized spacial score (nSPS) is 11.2. The summed E-state index contributed by atoms with van der Waals surface area (Å²) in [5, 5.41) is 2.86. The van der Waals surface area contributed by atoms with Gasteiger partial charge >= 0.3 is 0 Å². The maximum Gasteiger partial charge on any atom is 0.263 e. The van der Waals surface area contributed by atoms with Crippen LogP contribution in [0.4, 0.5) is 11.4 Å². The molecule has 0 radical (unpaired) electrons. The smallest absolute Gasteiger partial charge is 0.263 e. The first-order valence-corrected chi connectivity index (χ1v) is 10.8. The van der Waals surface area contributed by atoms with Crippen LogP contribution < -0.4 is 10.0 Å². The molecule has 5 nitrogen and oxygen atoms in total. The van der Waals surface area contributed by atoms with Gasteiger partial charge in [-0.05, 0) is 68.3 Å². The van der Waals surface area contributed by atoms with E-state index in [1.54, 1.807) is 30.3 Å². The lowest BCUT2D eigenvalue weighted by Gasteiger charge is -2.13. The monoisotopic (exact) mass is 428 g/mol. The number of nitrogens with one attached hydrogen (secondary N) is 2. The molecule has 3 rings (SSSR count). The number of amides is 1. The molecule has 0 aliphatic rings. The Morgan fingerprint density at radius 3 is 2.31 bits per heavy atom. The van der Waals surface area contributed by atoms with E-state index in [9.17, 15) is 13.2 Å². The molecule has 0 spiro atoms. The van der Waals surface area contributed by atoms with Gasteiger partial charge in [-0.2, -0.15) is 0 Å². The van der Waals surface area contributed by atoms with Crippen molar-refractivity contribution >= 4 is 38.9 Å². The van der Waals surface area contributed by atoms with Crippen molar-refractivity contribution in [2.24, 2.45) is 0 Å². The zero-order chi connectivity index (χ0) is 21.2. The van der Waals surface area contributed by atoms with E-state index in [0.717, 1.165) is 16.7 Å². The zero-order valence-electron chi connectivity index (χ0n) is 16.3. The molecule has 0 unspecified atom stereocenters. The average molecular weight is 429 g/mol. The maximum absolute atomic E-state index is 12.8. The number of benzene rings is 3. The number of rotatable bonds is 5. The molecule has 1 amide bonds. The van der Waals surface area contributed by atoms with Crippen LogP contribution in [0.1, 0.15) is 27.0 Å². The third kappa shape index (κ3) is 4.78. The molecule has 0 heterocycles. The summed E-state index contributed by atoms with van der Waals surface area (Å²) in [6.45, 7) is 5.77. The Hall–Kier alpha value is -2.83. The van der Waals surface area contributed by atoms with Crippen molar-refractivity contribution < 1.29 is 13.2 Å². The van der Waals surface area contributed by atoms with E-state index in [0.29, 0.717) is 11.4 Å². The first-order chi connectivity index (χ1) is 13.7. The molecule has 3 aromatic rings. The lowest BCUT2D eigenvalue weighted by Crippen LogP contribution is -2.17. The number of halogens is 1. The van der Waals surface area contributed by atoms with Gasteiger partial charge in [0, 0.05) is 16.9 Å². The molecule has 0 atom stereocenters. The second-order valence-corrected chi connectivity index (χ2v) is 8.88. The van der Waals surface area contributed by atoms with Gasteiger partial charge in [0.25, 0.3) is 15.9 Å². The van der Waals surface area contributed by atoms with Gasteiger partial charge in [-0.25, -0.2) is 8.42 Å². The molecule has 29 heavy (non-hydrogen) atoms. The molecule has 150 valence electrons. The van der Waals surface area contributed by atoms with Crippen molar-refractivity contribution in [1.29, 1.82) is 0 Å². The van der Waals surface area contributed by atoms with Crippen LogP contribution in [0.3, 0.4) is 0 Å². The highest BCUT2D eigenvalue weighted by Crippen LogP contribution is 2.26. The molecule has 7 heteroatoms. The number of sulfonamides is 1. The third-order valence-corrected chi connectivity index (χ3v) is 6.50. The summed E-state index contributed by atoms with van der Waals surface area (Å²) in [4.78, 5) is 12.5. The van der Waals surface area contributed by atoms with Crippen molar-refractivity contribution in [2.45, 2.75) is 25.7 Å². The lowest BCUT2D eigenvalue weighted by molar-refractivity contribution is 0.102. The molecule has 0 bridgehead atoms. The standard InChI is InChI=1S/C22H21ClN2O3S/c1-14-7-10-18(11-8-14)25-29(27,28)21-13-17(9-12-19(21)23)22(26)24-20-6-4-5-15(2)16(20)3/h4-13,25H,1-3H3,(H,24,26). The Morgan fingerprint density at radius 1 is 0.931 bits per heavy atom. The highest BCUT2D eigenvalue weighted by atomic mass is 35.5. The fourth-order valence-corrected chi connectivity index (χ4v) is 4.35. The molecule has 2 N–H and O–H groups in total. The van der Waals surface area contributed by atoms with Gasteiger partial charge in [0.2, 0.25) is 0 Å². The van der Waals surface area contributed by atoms with Crippen LogP contribution in [0.5, 0.6) is 0 Å². The van der Waals surface area contributed by atoms with Crippen LogP contribution in [-0.4, -0.2) is 14.3 Å². The second-order valence-electron chi connectivity index (χ2n) is 6.82. The molecular formula is C22H21ClN2O3S. The lowest BCUT2D eigenvalue weighted by atomic mass is 10.1. The molecule has 0 fully saturated rings. The van der Waals surface area contributed by atoms with Gasteiger partial charge in [-0.15, -0.1) is 0 Å². The van der Waals surface area contributed by atoms with Crippen molar-refractivity contribution in [3.8, 4) is 0 Å². The fourth-order valence-electron chi connectivity index (χ4n) is 2.76. The van der Waals surface area contributed by atoms with Crippen LogP contribution in [0.15, 0.2) is 65.6 Å². The van der Waals surface area contributed by atoms with E-state index in [1.807, 2.05) is 32.9 Å². The van der Waals surface area contributed by atoms with Crippen molar-refractivity contribution in [3.63, 3.8) is 0 Å². The Kier molecular flexibility index (Phi) is 5.96. The van der Waals surface area contributed by atoms with Gasteiger partial charge < -0.3 is 5.32 Å². The fraction of sp³-hybridized carbons (Fsp3) is 0.136. The predicted molar refractivity (Wildman–Crippen MR) is 117 cm³/mol. The number of carbonyl (C=O) groups excluding carboxylic acids is 1. The molecular weight excluding hydrogens is 408 g/mol. The second kappa shape index (κ2) is 8.27. The van der Waals surface area contributed by atoms with E-state index in [-0.39, 0.29) is 15.5 Å².